The van der Waals surface area contributed by atoms with E-state index in [9.17, 15) is 4.79 Å². The molecule has 2 rings (SSSR count). The fraction of sp³-hybridized carbons (Fsp3) is 0.632. The van der Waals surface area contributed by atoms with Crippen molar-refractivity contribution in [2.24, 2.45) is 0 Å². The fourth-order valence-corrected chi connectivity index (χ4v) is 3.67. The van der Waals surface area contributed by atoms with Crippen LogP contribution >= 0.6 is 0 Å². The van der Waals surface area contributed by atoms with Gasteiger partial charge in [0, 0.05) is 13.3 Å². The molecule has 24 heavy (non-hydrogen) atoms. The Morgan fingerprint density at radius 1 is 1.29 bits per heavy atom. The van der Waals surface area contributed by atoms with Crippen LogP contribution in [-0.2, 0) is 24.3 Å². The molecule has 1 unspecified atom stereocenters. The average Bonchev–Trinajstić information content (AvgIpc) is 2.89. The first-order valence-corrected chi connectivity index (χ1v) is 11.5. The largest absolute Gasteiger partial charge is 0.436 e. The number of carbonyl (C=O) groups is 1. The summed E-state index contributed by atoms with van der Waals surface area (Å²) in [6.45, 7) is 13.1. The van der Waals surface area contributed by atoms with E-state index in [0.717, 1.165) is 12.0 Å². The Bertz CT molecular complexity index is 564. The van der Waals surface area contributed by atoms with Crippen molar-refractivity contribution in [2.45, 2.75) is 70.6 Å². The first-order valence-electron chi connectivity index (χ1n) is 8.60. The van der Waals surface area contributed by atoms with Crippen molar-refractivity contribution in [1.82, 2.24) is 0 Å². The Kier molecular flexibility index (Phi) is 5.57. The maximum Gasteiger partial charge on any atom is 0.304 e. The Morgan fingerprint density at radius 2 is 1.92 bits per heavy atom. The van der Waals surface area contributed by atoms with Gasteiger partial charge < -0.3 is 13.9 Å². The molecule has 1 aliphatic rings. The summed E-state index contributed by atoms with van der Waals surface area (Å²) in [5.74, 6) is -0.311. The molecule has 0 radical (unpaired) electrons. The normalized spacial score (nSPS) is 24.8. The highest BCUT2D eigenvalue weighted by Gasteiger charge is 2.46. The van der Waals surface area contributed by atoms with Crippen LogP contribution in [0, 0.1) is 0 Å². The Labute approximate surface area is 146 Å². The summed E-state index contributed by atoms with van der Waals surface area (Å²) in [7, 11) is -1.89. The molecule has 1 aromatic carbocycles. The summed E-state index contributed by atoms with van der Waals surface area (Å²) in [5.41, 5.74) is 0.537. The predicted octanol–water partition coefficient (Wildman–Crippen LogP) is 4.60. The van der Waals surface area contributed by atoms with Crippen molar-refractivity contribution < 1.29 is 18.7 Å². The summed E-state index contributed by atoms with van der Waals surface area (Å²) >= 11 is 0. The van der Waals surface area contributed by atoms with Gasteiger partial charge in [-0.1, -0.05) is 51.1 Å². The third-order valence-electron chi connectivity index (χ3n) is 5.21. The van der Waals surface area contributed by atoms with Crippen molar-refractivity contribution in [3.8, 4) is 0 Å². The summed E-state index contributed by atoms with van der Waals surface area (Å²) in [4.78, 5) is 11.3. The highest BCUT2D eigenvalue weighted by molar-refractivity contribution is 6.74. The maximum absolute atomic E-state index is 11.3. The van der Waals surface area contributed by atoms with E-state index in [0.29, 0.717) is 13.0 Å². The fourth-order valence-electron chi connectivity index (χ4n) is 2.65. The minimum Gasteiger partial charge on any atom is -0.436 e. The second-order valence-electron chi connectivity index (χ2n) is 8.10. The number of esters is 1. The molecule has 5 heteroatoms. The van der Waals surface area contributed by atoms with E-state index in [4.69, 9.17) is 13.9 Å². The van der Waals surface area contributed by atoms with E-state index >= 15 is 0 Å². The summed E-state index contributed by atoms with van der Waals surface area (Å²) in [5, 5.41) is 0.138. The quantitative estimate of drug-likeness (QED) is 0.575. The van der Waals surface area contributed by atoms with E-state index in [1.165, 1.54) is 6.92 Å². The Balaban J connectivity index is 2.21. The summed E-state index contributed by atoms with van der Waals surface area (Å²) in [6, 6.07) is 10.1. The lowest BCUT2D eigenvalue weighted by Crippen LogP contribution is -2.45. The van der Waals surface area contributed by atoms with Crippen molar-refractivity contribution in [2.75, 3.05) is 6.61 Å². The van der Waals surface area contributed by atoms with Crippen molar-refractivity contribution in [3.63, 3.8) is 0 Å². The van der Waals surface area contributed by atoms with Gasteiger partial charge in [0.05, 0.1) is 6.61 Å². The number of benzene rings is 1. The molecule has 0 spiro atoms. The van der Waals surface area contributed by atoms with Gasteiger partial charge in [0.1, 0.15) is 5.60 Å². The van der Waals surface area contributed by atoms with E-state index in [-0.39, 0.29) is 11.0 Å². The first kappa shape index (κ1) is 19.2. The van der Waals surface area contributed by atoms with Gasteiger partial charge in [-0.3, -0.25) is 4.79 Å². The molecule has 4 nitrogen and oxygen atoms in total. The lowest BCUT2D eigenvalue weighted by Gasteiger charge is -2.40. The van der Waals surface area contributed by atoms with E-state index in [1.54, 1.807) is 0 Å². The topological polar surface area (TPSA) is 44.8 Å². The number of rotatable bonds is 5. The lowest BCUT2D eigenvalue weighted by molar-refractivity contribution is -0.192. The summed E-state index contributed by atoms with van der Waals surface area (Å²) in [6.07, 6.45) is 0.976. The van der Waals surface area contributed by atoms with Crippen LogP contribution in [0.4, 0.5) is 0 Å². The average molecular weight is 351 g/mol. The van der Waals surface area contributed by atoms with Gasteiger partial charge >= 0.3 is 5.97 Å². The molecule has 0 saturated carbocycles. The molecule has 1 aromatic rings. The molecule has 1 aliphatic heterocycles. The maximum atomic E-state index is 11.3. The molecule has 1 fully saturated rings. The monoisotopic (exact) mass is 350 g/mol. The molecule has 0 N–H and O–H groups in total. The van der Waals surface area contributed by atoms with E-state index in [1.807, 2.05) is 18.2 Å². The van der Waals surface area contributed by atoms with E-state index < -0.39 is 20.2 Å². The Morgan fingerprint density at radius 3 is 2.46 bits per heavy atom. The van der Waals surface area contributed by atoms with Crippen LogP contribution in [0.15, 0.2) is 30.3 Å². The second kappa shape index (κ2) is 6.98. The van der Waals surface area contributed by atoms with Gasteiger partial charge in [0.2, 0.25) is 6.29 Å². The zero-order valence-corrected chi connectivity index (χ0v) is 16.7. The third kappa shape index (κ3) is 4.26. The molecule has 0 bridgehead atoms. The van der Waals surface area contributed by atoms with Gasteiger partial charge in [0.25, 0.3) is 0 Å². The van der Waals surface area contributed by atoms with Crippen LogP contribution in [-0.4, -0.2) is 27.2 Å². The van der Waals surface area contributed by atoms with Crippen LogP contribution in [0.25, 0.3) is 0 Å². The van der Waals surface area contributed by atoms with Crippen molar-refractivity contribution in [3.05, 3.63) is 35.9 Å². The van der Waals surface area contributed by atoms with Crippen LogP contribution < -0.4 is 0 Å². The van der Waals surface area contributed by atoms with Gasteiger partial charge in [-0.25, -0.2) is 0 Å². The molecule has 2 atom stereocenters. The minimum atomic E-state index is -1.89. The molecule has 0 amide bonds. The van der Waals surface area contributed by atoms with Crippen LogP contribution in [0.3, 0.4) is 0 Å². The van der Waals surface area contributed by atoms with Gasteiger partial charge in [-0.05, 0) is 30.1 Å². The highest BCUT2D eigenvalue weighted by Crippen LogP contribution is 2.43. The van der Waals surface area contributed by atoms with Crippen LogP contribution in [0.1, 0.15) is 46.1 Å². The molecular weight excluding hydrogens is 320 g/mol. The van der Waals surface area contributed by atoms with Crippen molar-refractivity contribution >= 4 is 14.3 Å². The highest BCUT2D eigenvalue weighted by atomic mass is 28.4. The zero-order valence-electron chi connectivity index (χ0n) is 15.7. The van der Waals surface area contributed by atoms with Gasteiger partial charge in [0.15, 0.2) is 8.32 Å². The number of hydrogen-bond donors (Lipinski definition) is 0. The van der Waals surface area contributed by atoms with Gasteiger partial charge in [-0.15, -0.1) is 0 Å². The zero-order chi connectivity index (χ0) is 18.0. The SMILES string of the molecule is CC(=O)OC1CC[C@](CO[Si](C)(C)C(C)(C)C)(c2ccccc2)O1. The standard InChI is InChI=1S/C19H30O4Si/c1-15(20)22-17-12-13-19(23-17,16-10-8-7-9-11-16)14-21-24(5,6)18(2,3)4/h7-11,17H,12-14H2,1-6H3/t17?,19-/m0/s1. The number of hydrogen-bond acceptors (Lipinski definition) is 4. The van der Waals surface area contributed by atoms with E-state index in [2.05, 4.69) is 46.0 Å². The second-order valence-corrected chi connectivity index (χ2v) is 12.9. The van der Waals surface area contributed by atoms with Gasteiger partial charge in [-0.2, -0.15) is 0 Å². The first-order chi connectivity index (χ1) is 11.1. The van der Waals surface area contributed by atoms with Crippen LogP contribution in [0.5, 0.6) is 0 Å². The molecular formula is C19H30O4Si. The minimum absolute atomic E-state index is 0.138. The number of carbonyl (C=O) groups excluding carboxylic acids is 1. The molecule has 134 valence electrons. The molecule has 0 aliphatic carbocycles. The molecule has 1 saturated heterocycles. The number of ether oxygens (including phenoxy) is 2. The molecule has 0 aromatic heterocycles. The lowest BCUT2D eigenvalue weighted by atomic mass is 9.92. The predicted molar refractivity (Wildman–Crippen MR) is 97.1 cm³/mol. The molecule has 1 heterocycles. The summed E-state index contributed by atoms with van der Waals surface area (Å²) < 4.78 is 18.0. The van der Waals surface area contributed by atoms with Crippen LogP contribution in [0.2, 0.25) is 18.1 Å². The Hall–Kier alpha value is -1.17. The smallest absolute Gasteiger partial charge is 0.304 e. The van der Waals surface area contributed by atoms with Crippen molar-refractivity contribution in [1.29, 1.82) is 0 Å². The third-order valence-corrected chi connectivity index (χ3v) is 9.69.